The fraction of sp³-hybridized carbons (Fsp3) is 0.278. The van der Waals surface area contributed by atoms with E-state index in [2.05, 4.69) is 10.3 Å². The number of furan rings is 1. The Labute approximate surface area is 153 Å². The van der Waals surface area contributed by atoms with Gasteiger partial charge in [-0.25, -0.2) is 9.37 Å². The first-order valence-corrected chi connectivity index (χ1v) is 8.40. The SMILES string of the molecule is Cc1oc2ncn(CC(C)C)c(=O)c2c1C(=O)Nc1ccc(F)c(Cl)c1. The lowest BCUT2D eigenvalue weighted by atomic mass is 10.1. The Bertz CT molecular complexity index is 1060. The number of fused-ring (bicyclic) bond motifs is 1. The van der Waals surface area contributed by atoms with Gasteiger partial charge in [0.2, 0.25) is 5.71 Å². The van der Waals surface area contributed by atoms with E-state index in [9.17, 15) is 14.0 Å². The third-order valence-electron chi connectivity index (χ3n) is 3.82. The highest BCUT2D eigenvalue weighted by Crippen LogP contribution is 2.24. The van der Waals surface area contributed by atoms with E-state index in [-0.39, 0.29) is 38.9 Å². The normalized spacial score (nSPS) is 11.3. The van der Waals surface area contributed by atoms with Crippen molar-refractivity contribution >= 4 is 34.3 Å². The van der Waals surface area contributed by atoms with Gasteiger partial charge in [0.15, 0.2) is 0 Å². The molecule has 0 radical (unpaired) electrons. The van der Waals surface area contributed by atoms with E-state index >= 15 is 0 Å². The van der Waals surface area contributed by atoms with E-state index < -0.39 is 11.7 Å². The summed E-state index contributed by atoms with van der Waals surface area (Å²) in [6, 6.07) is 3.82. The minimum absolute atomic E-state index is 0.106. The highest BCUT2D eigenvalue weighted by molar-refractivity contribution is 6.31. The molecule has 1 amide bonds. The number of benzene rings is 1. The van der Waals surface area contributed by atoms with Crippen molar-refractivity contribution in [2.45, 2.75) is 27.3 Å². The van der Waals surface area contributed by atoms with Crippen molar-refractivity contribution in [2.24, 2.45) is 5.92 Å². The molecule has 0 fully saturated rings. The zero-order valence-corrected chi connectivity index (χ0v) is 15.2. The van der Waals surface area contributed by atoms with Crippen LogP contribution in [-0.4, -0.2) is 15.5 Å². The third-order valence-corrected chi connectivity index (χ3v) is 4.11. The number of nitrogens with one attached hydrogen (secondary N) is 1. The molecule has 26 heavy (non-hydrogen) atoms. The van der Waals surface area contributed by atoms with Crippen LogP contribution in [0.5, 0.6) is 0 Å². The maximum atomic E-state index is 13.3. The molecule has 1 N–H and O–H groups in total. The molecule has 8 heteroatoms. The number of aromatic nitrogens is 2. The Kier molecular flexibility index (Phi) is 4.82. The van der Waals surface area contributed by atoms with Crippen molar-refractivity contribution in [3.8, 4) is 0 Å². The number of amides is 1. The smallest absolute Gasteiger partial charge is 0.265 e. The third kappa shape index (κ3) is 3.35. The van der Waals surface area contributed by atoms with Gasteiger partial charge in [-0.2, -0.15) is 0 Å². The van der Waals surface area contributed by atoms with E-state index in [1.165, 1.54) is 23.0 Å². The fourth-order valence-corrected chi connectivity index (χ4v) is 2.88. The summed E-state index contributed by atoms with van der Waals surface area (Å²) in [6.07, 6.45) is 1.41. The van der Waals surface area contributed by atoms with Crippen LogP contribution in [0, 0.1) is 18.7 Å². The van der Waals surface area contributed by atoms with E-state index in [1.807, 2.05) is 13.8 Å². The van der Waals surface area contributed by atoms with E-state index in [1.54, 1.807) is 6.92 Å². The Morgan fingerprint density at radius 1 is 1.42 bits per heavy atom. The molecule has 6 nitrogen and oxygen atoms in total. The van der Waals surface area contributed by atoms with Crippen molar-refractivity contribution in [3.05, 3.63) is 57.0 Å². The number of anilines is 1. The topological polar surface area (TPSA) is 77.1 Å². The standard InChI is InChI=1S/C18H17ClFN3O3/c1-9(2)7-23-8-21-17-15(18(23)25)14(10(3)26-17)16(24)22-11-4-5-13(20)12(19)6-11/h4-6,8-9H,7H2,1-3H3,(H,22,24). The van der Waals surface area contributed by atoms with Crippen molar-refractivity contribution in [3.63, 3.8) is 0 Å². The van der Waals surface area contributed by atoms with Crippen LogP contribution >= 0.6 is 11.6 Å². The summed E-state index contributed by atoms with van der Waals surface area (Å²) in [7, 11) is 0. The molecular weight excluding hydrogens is 361 g/mol. The van der Waals surface area contributed by atoms with Crippen molar-refractivity contribution < 1.29 is 13.6 Å². The minimum atomic E-state index is -0.588. The van der Waals surface area contributed by atoms with Gasteiger partial charge in [-0.15, -0.1) is 0 Å². The van der Waals surface area contributed by atoms with E-state index in [0.717, 1.165) is 6.07 Å². The predicted molar refractivity (Wildman–Crippen MR) is 97.2 cm³/mol. The van der Waals surface area contributed by atoms with Crippen LogP contribution in [0.15, 0.2) is 33.7 Å². The summed E-state index contributed by atoms with van der Waals surface area (Å²) in [4.78, 5) is 29.6. The molecular formula is C18H17ClFN3O3. The number of rotatable bonds is 4. The summed E-state index contributed by atoms with van der Waals surface area (Å²) in [5, 5.41) is 2.62. The Hall–Kier alpha value is -2.67. The fourth-order valence-electron chi connectivity index (χ4n) is 2.70. The number of nitrogens with zero attached hydrogens (tertiary/aromatic N) is 2. The molecule has 0 atom stereocenters. The second-order valence-corrected chi connectivity index (χ2v) is 6.80. The molecule has 0 aliphatic heterocycles. The maximum Gasteiger partial charge on any atom is 0.265 e. The van der Waals surface area contributed by atoms with Gasteiger partial charge in [0, 0.05) is 12.2 Å². The Morgan fingerprint density at radius 3 is 2.81 bits per heavy atom. The van der Waals surface area contributed by atoms with Gasteiger partial charge in [-0.3, -0.25) is 14.2 Å². The Balaban J connectivity index is 2.05. The first kappa shape index (κ1) is 18.1. The number of hydrogen-bond donors (Lipinski definition) is 1. The van der Waals surface area contributed by atoms with Gasteiger partial charge >= 0.3 is 0 Å². The molecule has 2 heterocycles. The van der Waals surface area contributed by atoms with Crippen LogP contribution in [0.1, 0.15) is 30.0 Å². The highest BCUT2D eigenvalue weighted by atomic mass is 35.5. The van der Waals surface area contributed by atoms with Crippen LogP contribution < -0.4 is 10.9 Å². The summed E-state index contributed by atoms with van der Waals surface area (Å²) >= 11 is 5.73. The molecule has 1 aromatic carbocycles. The van der Waals surface area contributed by atoms with Gasteiger partial charge in [-0.05, 0) is 31.0 Å². The maximum absolute atomic E-state index is 13.3. The average Bonchev–Trinajstić information content (AvgIpc) is 2.90. The summed E-state index contributed by atoms with van der Waals surface area (Å²) in [6.45, 7) is 6.01. The lowest BCUT2D eigenvalue weighted by Gasteiger charge is -2.08. The van der Waals surface area contributed by atoms with E-state index in [4.69, 9.17) is 16.0 Å². The summed E-state index contributed by atoms with van der Waals surface area (Å²) in [5.41, 5.74) is 0.176. The van der Waals surface area contributed by atoms with Crippen LogP contribution in [0.3, 0.4) is 0 Å². The molecule has 0 bridgehead atoms. The number of aryl methyl sites for hydroxylation is 1. The Morgan fingerprint density at radius 2 is 2.15 bits per heavy atom. The monoisotopic (exact) mass is 377 g/mol. The highest BCUT2D eigenvalue weighted by Gasteiger charge is 2.23. The second kappa shape index (κ2) is 6.92. The lowest BCUT2D eigenvalue weighted by molar-refractivity contribution is 0.102. The molecule has 2 aromatic heterocycles. The number of carbonyl (C=O) groups is 1. The van der Waals surface area contributed by atoms with Gasteiger partial charge in [0.25, 0.3) is 11.5 Å². The molecule has 0 saturated heterocycles. The van der Waals surface area contributed by atoms with Crippen molar-refractivity contribution in [1.82, 2.24) is 9.55 Å². The first-order chi connectivity index (χ1) is 12.3. The number of hydrogen-bond acceptors (Lipinski definition) is 4. The molecule has 0 saturated carbocycles. The van der Waals surface area contributed by atoms with Gasteiger partial charge in [0.05, 0.1) is 10.6 Å². The zero-order valence-electron chi connectivity index (χ0n) is 14.5. The number of carbonyl (C=O) groups excluding carboxylic acids is 1. The molecule has 0 spiro atoms. The molecule has 0 aliphatic rings. The van der Waals surface area contributed by atoms with Crippen LogP contribution in [0.2, 0.25) is 5.02 Å². The number of halogens is 2. The van der Waals surface area contributed by atoms with Crippen LogP contribution in [0.4, 0.5) is 10.1 Å². The van der Waals surface area contributed by atoms with Gasteiger partial charge < -0.3 is 9.73 Å². The van der Waals surface area contributed by atoms with Crippen molar-refractivity contribution in [1.29, 1.82) is 0 Å². The second-order valence-electron chi connectivity index (χ2n) is 6.39. The first-order valence-electron chi connectivity index (χ1n) is 8.03. The molecule has 0 aliphatic carbocycles. The average molecular weight is 378 g/mol. The summed E-state index contributed by atoms with van der Waals surface area (Å²) in [5.74, 6) is -0.628. The minimum Gasteiger partial charge on any atom is -0.442 e. The molecule has 0 unspecified atom stereocenters. The van der Waals surface area contributed by atoms with Gasteiger partial charge in [-0.1, -0.05) is 25.4 Å². The quantitative estimate of drug-likeness (QED) is 0.745. The van der Waals surface area contributed by atoms with Crippen LogP contribution in [-0.2, 0) is 6.54 Å². The lowest BCUT2D eigenvalue weighted by Crippen LogP contribution is -2.24. The summed E-state index contributed by atoms with van der Waals surface area (Å²) < 4.78 is 20.2. The van der Waals surface area contributed by atoms with Crippen LogP contribution in [0.25, 0.3) is 11.1 Å². The van der Waals surface area contributed by atoms with Gasteiger partial charge in [0.1, 0.15) is 23.3 Å². The van der Waals surface area contributed by atoms with E-state index in [0.29, 0.717) is 12.2 Å². The molecule has 3 rings (SSSR count). The largest absolute Gasteiger partial charge is 0.442 e. The molecule has 3 aromatic rings. The van der Waals surface area contributed by atoms with Crippen molar-refractivity contribution in [2.75, 3.05) is 5.32 Å². The predicted octanol–water partition coefficient (Wildman–Crippen LogP) is 4.00. The zero-order chi connectivity index (χ0) is 19.0. The molecule has 136 valence electrons.